The van der Waals surface area contributed by atoms with Crippen LogP contribution in [0.5, 0.6) is 0 Å². The van der Waals surface area contributed by atoms with E-state index in [0.29, 0.717) is 36.5 Å². The van der Waals surface area contributed by atoms with Gasteiger partial charge < -0.3 is 14.0 Å². The van der Waals surface area contributed by atoms with Gasteiger partial charge >= 0.3 is 0 Å². The molecule has 3 heterocycles. The minimum Gasteiger partial charge on any atom is -0.361 e. The van der Waals surface area contributed by atoms with Crippen LogP contribution in [0.4, 0.5) is 0 Å². The lowest BCUT2D eigenvalue weighted by atomic mass is 9.98. The van der Waals surface area contributed by atoms with E-state index < -0.39 is 11.7 Å². The van der Waals surface area contributed by atoms with E-state index in [1.807, 2.05) is 49.7 Å². The highest BCUT2D eigenvalue weighted by Crippen LogP contribution is 2.37. The number of Topliss-reactive ketones (excluding diaryl/α,β-unsaturated/α-hetero) is 1. The third-order valence-electron chi connectivity index (χ3n) is 5.68. The summed E-state index contributed by atoms with van der Waals surface area (Å²) < 4.78 is 7.41. The molecule has 0 unspecified atom stereocenters. The zero-order valence-corrected chi connectivity index (χ0v) is 16.6. The van der Waals surface area contributed by atoms with E-state index in [0.717, 1.165) is 41.4 Å². The van der Waals surface area contributed by atoms with Gasteiger partial charge in [-0.3, -0.25) is 9.59 Å². The average molecular weight is 379 g/mol. The van der Waals surface area contributed by atoms with Crippen LogP contribution in [0, 0.1) is 6.92 Å². The van der Waals surface area contributed by atoms with Gasteiger partial charge in [0.05, 0.1) is 22.5 Å². The Labute approximate surface area is 164 Å². The van der Waals surface area contributed by atoms with Crippen LogP contribution in [0.1, 0.15) is 48.0 Å². The minimum atomic E-state index is -0.448. The monoisotopic (exact) mass is 379 g/mol. The number of ketones is 1. The summed E-state index contributed by atoms with van der Waals surface area (Å²) in [6, 6.07) is 7.71. The molecule has 3 aromatic rings. The molecule has 0 N–H and O–H groups in total. The molecular weight excluding hydrogens is 354 g/mol. The molecule has 0 atom stereocenters. The fourth-order valence-corrected chi connectivity index (χ4v) is 4.23. The Morgan fingerprint density at radius 1 is 1.14 bits per heavy atom. The van der Waals surface area contributed by atoms with Gasteiger partial charge in [0.15, 0.2) is 0 Å². The van der Waals surface area contributed by atoms with Gasteiger partial charge in [-0.1, -0.05) is 30.3 Å². The Hall–Kier alpha value is -2.89. The van der Waals surface area contributed by atoms with Crippen molar-refractivity contribution in [3.63, 3.8) is 0 Å². The van der Waals surface area contributed by atoms with E-state index in [1.165, 1.54) is 0 Å². The van der Waals surface area contributed by atoms with Crippen molar-refractivity contribution >= 4 is 22.6 Å². The van der Waals surface area contributed by atoms with Gasteiger partial charge in [-0.2, -0.15) is 0 Å². The highest BCUT2D eigenvalue weighted by Gasteiger charge is 2.32. The molecule has 0 aliphatic carbocycles. The number of fused-ring (bicyclic) bond motifs is 1. The van der Waals surface area contributed by atoms with Crippen LogP contribution in [-0.2, 0) is 18.3 Å². The van der Waals surface area contributed by atoms with Gasteiger partial charge in [0, 0.05) is 31.0 Å². The molecule has 1 fully saturated rings. The van der Waals surface area contributed by atoms with Crippen molar-refractivity contribution < 1.29 is 14.1 Å². The lowest BCUT2D eigenvalue weighted by Gasteiger charge is -2.26. The van der Waals surface area contributed by atoms with Crippen molar-refractivity contribution in [2.75, 3.05) is 13.1 Å². The second-order valence-corrected chi connectivity index (χ2v) is 7.40. The van der Waals surface area contributed by atoms with Crippen LogP contribution >= 0.6 is 0 Å². The number of nitrogens with zero attached hydrogens (tertiary/aromatic N) is 3. The van der Waals surface area contributed by atoms with Crippen molar-refractivity contribution in [3.8, 4) is 11.3 Å². The largest absolute Gasteiger partial charge is 0.361 e. The zero-order valence-electron chi connectivity index (χ0n) is 16.6. The van der Waals surface area contributed by atoms with Crippen LogP contribution in [0.3, 0.4) is 0 Å². The van der Waals surface area contributed by atoms with Crippen molar-refractivity contribution in [2.45, 2.75) is 39.5 Å². The number of aromatic nitrogens is 2. The Morgan fingerprint density at radius 2 is 1.86 bits per heavy atom. The van der Waals surface area contributed by atoms with E-state index in [1.54, 1.807) is 4.90 Å². The summed E-state index contributed by atoms with van der Waals surface area (Å²) in [6.45, 7) is 5.15. The second kappa shape index (κ2) is 7.26. The van der Waals surface area contributed by atoms with E-state index in [-0.39, 0.29) is 0 Å². The number of carbonyl (C=O) groups is 2. The van der Waals surface area contributed by atoms with E-state index in [9.17, 15) is 9.59 Å². The van der Waals surface area contributed by atoms with E-state index >= 15 is 0 Å². The number of para-hydroxylation sites is 1. The average Bonchev–Trinajstić information content (AvgIpc) is 3.24. The van der Waals surface area contributed by atoms with Crippen molar-refractivity contribution in [2.24, 2.45) is 7.05 Å². The number of hydrogen-bond acceptors (Lipinski definition) is 4. The smallest absolute Gasteiger partial charge is 0.295 e. The Balaban J connectivity index is 1.93. The molecule has 28 heavy (non-hydrogen) atoms. The first-order valence-corrected chi connectivity index (χ1v) is 9.91. The van der Waals surface area contributed by atoms with Gasteiger partial charge in [0.1, 0.15) is 5.76 Å². The predicted octanol–water partition coefficient (Wildman–Crippen LogP) is 3.90. The molecule has 6 heteroatoms. The third-order valence-corrected chi connectivity index (χ3v) is 5.68. The lowest BCUT2D eigenvalue weighted by molar-refractivity contribution is -0.127. The van der Waals surface area contributed by atoms with Crippen LogP contribution in [0.15, 0.2) is 28.8 Å². The SMILES string of the molecule is CCc1noc(C)c1-c1c(C(=O)C(=O)N2CCCCC2)c2ccccc2n1C. The van der Waals surface area contributed by atoms with Crippen molar-refractivity contribution in [3.05, 3.63) is 41.3 Å². The molecule has 0 saturated carbocycles. The molecule has 1 saturated heterocycles. The van der Waals surface area contributed by atoms with Gasteiger partial charge in [-0.25, -0.2) is 0 Å². The van der Waals surface area contributed by atoms with Crippen molar-refractivity contribution in [1.82, 2.24) is 14.6 Å². The second-order valence-electron chi connectivity index (χ2n) is 7.40. The standard InChI is InChI=1S/C22H25N3O3/c1-4-16-18(14(2)28-23-16)20-19(15-10-6-7-11-17(15)24(20)3)21(26)22(27)25-12-8-5-9-13-25/h6-7,10-11H,4-5,8-9,12-13H2,1-3H3. The quantitative estimate of drug-likeness (QED) is 0.509. The Morgan fingerprint density at radius 3 is 2.57 bits per heavy atom. The van der Waals surface area contributed by atoms with Crippen LogP contribution in [0.25, 0.3) is 22.2 Å². The van der Waals surface area contributed by atoms with E-state index in [4.69, 9.17) is 4.52 Å². The maximum absolute atomic E-state index is 13.4. The predicted molar refractivity (Wildman–Crippen MR) is 107 cm³/mol. The molecule has 0 bridgehead atoms. The summed E-state index contributed by atoms with van der Waals surface area (Å²) in [6.07, 6.45) is 3.69. The Bertz CT molecular complexity index is 1050. The molecule has 0 radical (unpaired) electrons. The first kappa shape index (κ1) is 18.5. The summed E-state index contributed by atoms with van der Waals surface area (Å²) in [4.78, 5) is 28.2. The highest BCUT2D eigenvalue weighted by molar-refractivity contribution is 6.46. The summed E-state index contributed by atoms with van der Waals surface area (Å²) in [5, 5.41) is 4.95. The number of amides is 1. The molecule has 146 valence electrons. The fraction of sp³-hybridized carbons (Fsp3) is 0.409. The summed E-state index contributed by atoms with van der Waals surface area (Å²) >= 11 is 0. The number of hydrogen-bond donors (Lipinski definition) is 0. The van der Waals surface area contributed by atoms with Crippen LogP contribution in [0.2, 0.25) is 0 Å². The normalized spacial score (nSPS) is 14.6. The minimum absolute atomic E-state index is 0.413. The van der Waals surface area contributed by atoms with Gasteiger partial charge in [-0.05, 0) is 38.7 Å². The maximum Gasteiger partial charge on any atom is 0.295 e. The summed E-state index contributed by atoms with van der Waals surface area (Å²) in [5.41, 5.74) is 3.69. The Kier molecular flexibility index (Phi) is 4.79. The maximum atomic E-state index is 13.4. The molecule has 1 aliphatic heterocycles. The number of piperidine rings is 1. The van der Waals surface area contributed by atoms with Gasteiger partial charge in [0.25, 0.3) is 11.7 Å². The third kappa shape index (κ3) is 2.84. The van der Waals surface area contributed by atoms with Crippen molar-refractivity contribution in [1.29, 1.82) is 0 Å². The number of benzene rings is 1. The fourth-order valence-electron chi connectivity index (χ4n) is 4.23. The molecule has 2 aromatic heterocycles. The molecule has 1 aliphatic rings. The highest BCUT2D eigenvalue weighted by atomic mass is 16.5. The molecule has 1 amide bonds. The topological polar surface area (TPSA) is 68.3 Å². The van der Waals surface area contributed by atoms with Crippen LogP contribution < -0.4 is 0 Å². The summed E-state index contributed by atoms with van der Waals surface area (Å²) in [5.74, 6) is -0.206. The van der Waals surface area contributed by atoms with Crippen LogP contribution in [-0.4, -0.2) is 39.4 Å². The molecule has 6 nitrogen and oxygen atoms in total. The van der Waals surface area contributed by atoms with Gasteiger partial charge in [-0.15, -0.1) is 0 Å². The zero-order chi connectivity index (χ0) is 19.8. The molecular formula is C22H25N3O3. The number of aryl methyl sites for hydroxylation is 3. The number of likely N-dealkylation sites (tertiary alicyclic amines) is 1. The van der Waals surface area contributed by atoms with E-state index in [2.05, 4.69) is 5.16 Å². The molecule has 0 spiro atoms. The first-order valence-electron chi connectivity index (χ1n) is 9.91. The summed E-state index contributed by atoms with van der Waals surface area (Å²) in [7, 11) is 1.92. The lowest BCUT2D eigenvalue weighted by Crippen LogP contribution is -2.40. The number of rotatable bonds is 4. The molecule has 1 aromatic carbocycles. The molecule has 4 rings (SSSR count). The first-order chi connectivity index (χ1) is 13.5. The van der Waals surface area contributed by atoms with Gasteiger partial charge in [0.2, 0.25) is 0 Å². The number of carbonyl (C=O) groups excluding carboxylic acids is 2.